The molecule has 0 spiro atoms. The van der Waals surface area contributed by atoms with E-state index < -0.39 is 55.7 Å². The average Bonchev–Trinajstić information content (AvgIpc) is 2.84. The first-order chi connectivity index (χ1) is 14.2. The van der Waals surface area contributed by atoms with Crippen LogP contribution in [0.1, 0.15) is 19.4 Å². The number of alkyl halides is 3. The summed E-state index contributed by atoms with van der Waals surface area (Å²) in [5.41, 5.74) is -2.21. The summed E-state index contributed by atoms with van der Waals surface area (Å²) >= 11 is 0. The Morgan fingerprint density at radius 1 is 1.19 bits per heavy atom. The fourth-order valence-electron chi connectivity index (χ4n) is 3.73. The topological polar surface area (TPSA) is 119 Å². The molecule has 0 aromatic heterocycles. The van der Waals surface area contributed by atoms with Crippen LogP contribution in [0.5, 0.6) is 0 Å². The number of ether oxygens (including phenoxy) is 2. The number of sulfone groups is 1. The zero-order valence-corrected chi connectivity index (χ0v) is 17.4. The Hall–Kier alpha value is -2.67. The lowest BCUT2D eigenvalue weighted by Crippen LogP contribution is -2.82. The number of carbonyl (C=O) groups excluding carboxylic acids is 3. The molecular weight excluding hydrogens is 445 g/mol. The third-order valence-corrected chi connectivity index (χ3v) is 8.28. The summed E-state index contributed by atoms with van der Waals surface area (Å²) in [4.78, 5) is 37.5. The maximum Gasteiger partial charge on any atom is 0.471 e. The number of methoxy groups -OCH3 is 1. The summed E-state index contributed by atoms with van der Waals surface area (Å²) in [7, 11) is -3.70. The van der Waals surface area contributed by atoms with Gasteiger partial charge in [0.05, 0.1) is 0 Å². The van der Waals surface area contributed by atoms with E-state index >= 15 is 0 Å². The van der Waals surface area contributed by atoms with Crippen molar-refractivity contribution in [2.24, 2.45) is 0 Å². The van der Waals surface area contributed by atoms with E-state index in [-0.39, 0.29) is 6.61 Å². The van der Waals surface area contributed by atoms with Crippen LogP contribution in [0, 0.1) is 0 Å². The molecule has 0 aliphatic carbocycles. The van der Waals surface area contributed by atoms with E-state index in [1.54, 1.807) is 30.3 Å². The zero-order chi connectivity index (χ0) is 23.4. The quantitative estimate of drug-likeness (QED) is 0.383. The van der Waals surface area contributed by atoms with Crippen molar-refractivity contribution < 1.29 is 45.4 Å². The Kier molecular flexibility index (Phi) is 5.34. The Labute approximate surface area is 175 Å². The van der Waals surface area contributed by atoms with Crippen molar-refractivity contribution in [3.8, 4) is 0 Å². The van der Waals surface area contributed by atoms with Crippen LogP contribution in [0.15, 0.2) is 30.3 Å². The highest BCUT2D eigenvalue weighted by atomic mass is 32.2. The minimum Gasteiger partial charge on any atom is -0.459 e. The molecule has 0 saturated carbocycles. The second kappa shape index (κ2) is 7.19. The van der Waals surface area contributed by atoms with Gasteiger partial charge in [-0.15, -0.1) is 0 Å². The van der Waals surface area contributed by atoms with E-state index in [1.807, 2.05) is 0 Å². The van der Waals surface area contributed by atoms with Crippen LogP contribution in [-0.4, -0.2) is 66.3 Å². The SMILES string of the molecule is CO[C@]1(NC(=O)C(F)(F)F)C(=O)N2[C@@H](C(=O)OCc3ccccc3)C(C)(C)S(=O)(=O)[C@@H]21. The number of benzene rings is 1. The molecule has 13 heteroatoms. The highest BCUT2D eigenvalue weighted by Crippen LogP contribution is 2.51. The second-order valence-corrected chi connectivity index (χ2v) is 10.2. The Balaban J connectivity index is 1.93. The Morgan fingerprint density at radius 2 is 1.77 bits per heavy atom. The summed E-state index contributed by atoms with van der Waals surface area (Å²) in [6, 6.07) is 6.79. The van der Waals surface area contributed by atoms with Gasteiger partial charge in [-0.25, -0.2) is 13.2 Å². The summed E-state index contributed by atoms with van der Waals surface area (Å²) in [6.07, 6.45) is -5.39. The fraction of sp³-hybridized carbons (Fsp3) is 0.500. The number of nitrogens with one attached hydrogen (secondary N) is 1. The zero-order valence-electron chi connectivity index (χ0n) is 16.6. The van der Waals surface area contributed by atoms with Gasteiger partial charge in [-0.2, -0.15) is 13.2 Å². The van der Waals surface area contributed by atoms with Gasteiger partial charge in [0, 0.05) is 7.11 Å². The Bertz CT molecular complexity index is 1030. The van der Waals surface area contributed by atoms with E-state index in [1.165, 1.54) is 5.32 Å². The largest absolute Gasteiger partial charge is 0.471 e. The molecule has 1 N–H and O–H groups in total. The molecule has 3 atom stereocenters. The van der Waals surface area contributed by atoms with Gasteiger partial charge >= 0.3 is 18.1 Å². The molecule has 170 valence electrons. The molecule has 2 aliphatic heterocycles. The van der Waals surface area contributed by atoms with Crippen molar-refractivity contribution in [2.45, 2.75) is 48.5 Å². The fourth-order valence-corrected chi connectivity index (χ4v) is 6.04. The molecule has 2 heterocycles. The van der Waals surface area contributed by atoms with E-state index in [9.17, 15) is 36.0 Å². The predicted molar refractivity (Wildman–Crippen MR) is 97.6 cm³/mol. The molecule has 31 heavy (non-hydrogen) atoms. The lowest BCUT2D eigenvalue weighted by Gasteiger charge is -2.50. The van der Waals surface area contributed by atoms with E-state index in [0.29, 0.717) is 10.5 Å². The molecule has 2 saturated heterocycles. The standard InChI is InChI=1S/C18H19F3N2O7S/c1-16(2)11(12(24)30-9-10-7-5-4-6-8-10)23-14(26)17(29-3,15(23)31(16,27)28)22-13(25)18(19,20)21/h4-8,11,15H,9H2,1-3H3,(H,22,25)/t11-,15+,17+/m0/s1. The van der Waals surface area contributed by atoms with Gasteiger partial charge in [-0.1, -0.05) is 30.3 Å². The first-order valence-corrected chi connectivity index (χ1v) is 10.5. The summed E-state index contributed by atoms with van der Waals surface area (Å²) in [5.74, 6) is -4.90. The number of β-lactam (4-membered cyclic amide) rings is 1. The third-order valence-electron chi connectivity index (χ3n) is 5.44. The molecule has 2 amide bonds. The first-order valence-electron chi connectivity index (χ1n) is 8.93. The van der Waals surface area contributed by atoms with E-state index in [0.717, 1.165) is 21.0 Å². The monoisotopic (exact) mass is 464 g/mol. The molecule has 1 aromatic rings. The number of esters is 1. The maximum absolute atomic E-state index is 13.1. The minimum atomic E-state index is -5.39. The number of nitrogens with zero attached hydrogens (tertiary/aromatic N) is 1. The van der Waals surface area contributed by atoms with E-state index in [2.05, 4.69) is 0 Å². The van der Waals surface area contributed by atoms with Gasteiger partial charge in [0.2, 0.25) is 0 Å². The summed E-state index contributed by atoms with van der Waals surface area (Å²) in [5, 5.41) is -0.691. The van der Waals surface area contributed by atoms with Crippen molar-refractivity contribution in [3.05, 3.63) is 35.9 Å². The smallest absolute Gasteiger partial charge is 0.459 e. The van der Waals surface area contributed by atoms with Crippen molar-refractivity contribution in [2.75, 3.05) is 7.11 Å². The Morgan fingerprint density at radius 3 is 2.29 bits per heavy atom. The number of amides is 2. The van der Waals surface area contributed by atoms with Gasteiger partial charge in [0.25, 0.3) is 11.6 Å². The normalized spacial score (nSPS) is 28.5. The summed E-state index contributed by atoms with van der Waals surface area (Å²) in [6.45, 7) is 2.09. The lowest BCUT2D eigenvalue weighted by molar-refractivity contribution is -0.211. The van der Waals surface area contributed by atoms with Crippen molar-refractivity contribution in [1.82, 2.24) is 10.2 Å². The van der Waals surface area contributed by atoms with E-state index in [4.69, 9.17) is 9.47 Å². The molecule has 0 radical (unpaired) electrons. The number of fused-ring (bicyclic) bond motifs is 1. The molecule has 2 fully saturated rings. The van der Waals surface area contributed by atoms with Crippen LogP contribution in [0.3, 0.4) is 0 Å². The van der Waals surface area contributed by atoms with Gasteiger partial charge in [0.15, 0.2) is 21.3 Å². The highest BCUT2D eigenvalue weighted by Gasteiger charge is 2.80. The van der Waals surface area contributed by atoms with Crippen LogP contribution in [0.2, 0.25) is 0 Å². The lowest BCUT2D eigenvalue weighted by atomic mass is 9.93. The second-order valence-electron chi connectivity index (χ2n) is 7.60. The number of hydrogen-bond acceptors (Lipinski definition) is 7. The number of halogens is 3. The summed E-state index contributed by atoms with van der Waals surface area (Å²) < 4.78 is 72.5. The molecule has 1 aromatic carbocycles. The third kappa shape index (κ3) is 3.26. The molecule has 2 aliphatic rings. The first kappa shape index (κ1) is 23.0. The maximum atomic E-state index is 13.1. The van der Waals surface area contributed by atoms with Crippen LogP contribution in [0.25, 0.3) is 0 Å². The molecule has 0 unspecified atom stereocenters. The van der Waals surface area contributed by atoms with Crippen molar-refractivity contribution >= 4 is 27.6 Å². The highest BCUT2D eigenvalue weighted by molar-refractivity contribution is 7.94. The van der Waals surface area contributed by atoms with Crippen molar-refractivity contribution in [1.29, 1.82) is 0 Å². The van der Waals surface area contributed by atoms with Gasteiger partial charge < -0.3 is 19.7 Å². The number of carbonyl (C=O) groups is 3. The molecular formula is C18H19F3N2O7S. The van der Waals surface area contributed by atoms with Gasteiger partial charge in [0.1, 0.15) is 11.4 Å². The molecule has 9 nitrogen and oxygen atoms in total. The minimum absolute atomic E-state index is 0.209. The number of hydrogen-bond donors (Lipinski definition) is 1. The van der Waals surface area contributed by atoms with Crippen LogP contribution in [-0.2, 0) is 40.3 Å². The van der Waals surface area contributed by atoms with Crippen molar-refractivity contribution in [3.63, 3.8) is 0 Å². The average molecular weight is 464 g/mol. The van der Waals surface area contributed by atoms with Crippen LogP contribution >= 0.6 is 0 Å². The van der Waals surface area contributed by atoms with Gasteiger partial charge in [-0.05, 0) is 19.4 Å². The number of rotatable bonds is 5. The van der Waals surface area contributed by atoms with Gasteiger partial charge in [-0.3, -0.25) is 9.59 Å². The van der Waals surface area contributed by atoms with Crippen LogP contribution in [0.4, 0.5) is 13.2 Å². The molecule has 3 rings (SSSR count). The predicted octanol–water partition coefficient (Wildman–Crippen LogP) is 0.495. The molecule has 0 bridgehead atoms. The van der Waals surface area contributed by atoms with Crippen LogP contribution < -0.4 is 5.32 Å².